The summed E-state index contributed by atoms with van der Waals surface area (Å²) in [7, 11) is 0. The zero-order chi connectivity index (χ0) is 16.8. The van der Waals surface area contributed by atoms with E-state index in [0.29, 0.717) is 22.8 Å². The minimum absolute atomic E-state index is 0.192. The molecule has 1 aromatic heterocycles. The molecule has 2 aromatic rings. The SMILES string of the molecule is Cc1cc(C(=O)Nc2ccc3c(c2)N(C(=O)C2CC2)CC3)c(C)o1. The molecule has 2 aliphatic rings. The molecule has 5 heteroatoms. The lowest BCUT2D eigenvalue weighted by Crippen LogP contribution is -2.30. The number of hydrogen-bond donors (Lipinski definition) is 1. The fourth-order valence-corrected chi connectivity index (χ4v) is 3.29. The van der Waals surface area contributed by atoms with Gasteiger partial charge in [0, 0.05) is 23.8 Å². The zero-order valence-corrected chi connectivity index (χ0v) is 13.9. The molecule has 0 unspecified atom stereocenters. The highest BCUT2D eigenvalue weighted by molar-refractivity contribution is 6.06. The number of nitrogens with one attached hydrogen (secondary N) is 1. The van der Waals surface area contributed by atoms with Gasteiger partial charge in [-0.2, -0.15) is 0 Å². The maximum absolute atomic E-state index is 12.4. The van der Waals surface area contributed by atoms with Crippen LogP contribution in [0.3, 0.4) is 0 Å². The van der Waals surface area contributed by atoms with Crippen molar-refractivity contribution < 1.29 is 14.0 Å². The average molecular weight is 324 g/mol. The van der Waals surface area contributed by atoms with Crippen molar-refractivity contribution in [1.29, 1.82) is 0 Å². The van der Waals surface area contributed by atoms with E-state index in [-0.39, 0.29) is 17.7 Å². The van der Waals surface area contributed by atoms with E-state index in [4.69, 9.17) is 4.42 Å². The summed E-state index contributed by atoms with van der Waals surface area (Å²) >= 11 is 0. The van der Waals surface area contributed by atoms with Crippen molar-refractivity contribution in [1.82, 2.24) is 0 Å². The molecule has 1 aliphatic carbocycles. The smallest absolute Gasteiger partial charge is 0.259 e. The standard InChI is InChI=1S/C19H20N2O3/c1-11-9-16(12(2)24-11)18(22)20-15-6-5-13-7-8-21(17(13)10-15)19(23)14-3-4-14/h5-6,9-10,14H,3-4,7-8H2,1-2H3,(H,20,22). The molecule has 0 saturated heterocycles. The molecule has 124 valence electrons. The minimum Gasteiger partial charge on any atom is -0.466 e. The lowest BCUT2D eigenvalue weighted by molar-refractivity contribution is -0.119. The molecule has 1 saturated carbocycles. The average Bonchev–Trinajstić information content (AvgIpc) is 3.23. The van der Waals surface area contributed by atoms with Gasteiger partial charge in [-0.1, -0.05) is 6.07 Å². The normalized spacial score (nSPS) is 16.2. The van der Waals surface area contributed by atoms with Gasteiger partial charge in [-0.3, -0.25) is 9.59 Å². The van der Waals surface area contributed by atoms with Crippen molar-refractivity contribution in [3.05, 3.63) is 46.9 Å². The summed E-state index contributed by atoms with van der Waals surface area (Å²) in [5.74, 6) is 1.55. The molecule has 1 aromatic carbocycles. The summed E-state index contributed by atoms with van der Waals surface area (Å²) in [6, 6.07) is 7.53. The maximum Gasteiger partial charge on any atom is 0.259 e. The first-order chi connectivity index (χ1) is 11.5. The third-order valence-corrected chi connectivity index (χ3v) is 4.72. The number of rotatable bonds is 3. The molecule has 4 rings (SSSR count). The Bertz CT molecular complexity index is 833. The summed E-state index contributed by atoms with van der Waals surface area (Å²) < 4.78 is 5.42. The van der Waals surface area contributed by atoms with Gasteiger partial charge < -0.3 is 14.6 Å². The Morgan fingerprint density at radius 2 is 2.00 bits per heavy atom. The van der Waals surface area contributed by atoms with Crippen molar-refractivity contribution >= 4 is 23.2 Å². The number of aryl methyl sites for hydroxylation is 2. The molecule has 5 nitrogen and oxygen atoms in total. The van der Waals surface area contributed by atoms with Crippen molar-refractivity contribution in [2.45, 2.75) is 33.1 Å². The van der Waals surface area contributed by atoms with Crippen LogP contribution in [0.1, 0.15) is 40.3 Å². The van der Waals surface area contributed by atoms with Gasteiger partial charge in [0.2, 0.25) is 5.91 Å². The number of nitrogens with zero attached hydrogens (tertiary/aromatic N) is 1. The summed E-state index contributed by atoms with van der Waals surface area (Å²) in [5, 5.41) is 2.91. The van der Waals surface area contributed by atoms with Crippen molar-refractivity contribution in [2.24, 2.45) is 5.92 Å². The maximum atomic E-state index is 12.4. The third kappa shape index (κ3) is 2.60. The summed E-state index contributed by atoms with van der Waals surface area (Å²) in [6.07, 6.45) is 2.88. The number of benzene rings is 1. The second kappa shape index (κ2) is 5.51. The van der Waals surface area contributed by atoms with Gasteiger partial charge in [0.1, 0.15) is 11.5 Å². The predicted octanol–water partition coefficient (Wildman–Crippen LogP) is 3.45. The van der Waals surface area contributed by atoms with E-state index in [9.17, 15) is 9.59 Å². The lowest BCUT2D eigenvalue weighted by Gasteiger charge is -2.18. The van der Waals surface area contributed by atoms with E-state index in [2.05, 4.69) is 5.32 Å². The first-order valence-electron chi connectivity index (χ1n) is 8.35. The molecule has 2 heterocycles. The van der Waals surface area contributed by atoms with Crippen LogP contribution in [0.2, 0.25) is 0 Å². The summed E-state index contributed by atoms with van der Waals surface area (Å²) in [5.41, 5.74) is 3.34. The molecule has 0 atom stereocenters. The van der Waals surface area contributed by atoms with E-state index < -0.39 is 0 Å². The van der Waals surface area contributed by atoms with Crippen LogP contribution in [0.4, 0.5) is 11.4 Å². The third-order valence-electron chi connectivity index (χ3n) is 4.72. The van der Waals surface area contributed by atoms with E-state index >= 15 is 0 Å². The highest BCUT2D eigenvalue weighted by Gasteiger charge is 2.36. The largest absolute Gasteiger partial charge is 0.466 e. The van der Waals surface area contributed by atoms with Crippen LogP contribution in [0, 0.1) is 19.8 Å². The predicted molar refractivity (Wildman–Crippen MR) is 91.4 cm³/mol. The van der Waals surface area contributed by atoms with Gasteiger partial charge in [0.05, 0.1) is 5.56 Å². The second-order valence-corrected chi connectivity index (χ2v) is 6.64. The van der Waals surface area contributed by atoms with Gasteiger partial charge in [0.15, 0.2) is 0 Å². The fraction of sp³-hybridized carbons (Fsp3) is 0.368. The lowest BCUT2D eigenvalue weighted by atomic mass is 10.1. The topological polar surface area (TPSA) is 62.6 Å². The molecular formula is C19H20N2O3. The molecule has 1 N–H and O–H groups in total. The zero-order valence-electron chi connectivity index (χ0n) is 13.9. The van der Waals surface area contributed by atoms with Crippen LogP contribution >= 0.6 is 0 Å². The number of hydrogen-bond acceptors (Lipinski definition) is 3. The van der Waals surface area contributed by atoms with Crippen LogP contribution in [0.5, 0.6) is 0 Å². The quantitative estimate of drug-likeness (QED) is 0.940. The van der Waals surface area contributed by atoms with Gasteiger partial charge in [-0.15, -0.1) is 0 Å². The Hall–Kier alpha value is -2.56. The number of fused-ring (bicyclic) bond motifs is 1. The molecule has 2 amide bonds. The van der Waals surface area contributed by atoms with Crippen molar-refractivity contribution in [2.75, 3.05) is 16.8 Å². The number of carbonyl (C=O) groups excluding carboxylic acids is 2. The highest BCUT2D eigenvalue weighted by atomic mass is 16.3. The first-order valence-corrected chi connectivity index (χ1v) is 8.35. The highest BCUT2D eigenvalue weighted by Crippen LogP contribution is 2.37. The van der Waals surface area contributed by atoms with Crippen LogP contribution in [-0.2, 0) is 11.2 Å². The molecule has 0 spiro atoms. The monoisotopic (exact) mass is 324 g/mol. The molecule has 0 radical (unpaired) electrons. The van der Waals surface area contributed by atoms with E-state index in [1.54, 1.807) is 13.0 Å². The fourth-order valence-electron chi connectivity index (χ4n) is 3.29. The second-order valence-electron chi connectivity index (χ2n) is 6.64. The van der Waals surface area contributed by atoms with Crippen LogP contribution in [0.25, 0.3) is 0 Å². The number of anilines is 2. The van der Waals surface area contributed by atoms with Gasteiger partial charge in [0.25, 0.3) is 5.91 Å². The summed E-state index contributed by atoms with van der Waals surface area (Å²) in [4.78, 5) is 26.7. The van der Waals surface area contributed by atoms with E-state index in [1.807, 2.05) is 30.0 Å². The molecule has 0 bridgehead atoms. The number of amides is 2. The van der Waals surface area contributed by atoms with E-state index in [1.165, 1.54) is 0 Å². The number of furan rings is 1. The Balaban J connectivity index is 1.57. The molecule has 24 heavy (non-hydrogen) atoms. The van der Waals surface area contributed by atoms with Gasteiger partial charge in [-0.25, -0.2) is 0 Å². The van der Waals surface area contributed by atoms with Gasteiger partial charge in [-0.05, 0) is 56.9 Å². The van der Waals surface area contributed by atoms with Gasteiger partial charge >= 0.3 is 0 Å². The minimum atomic E-state index is -0.192. The summed E-state index contributed by atoms with van der Waals surface area (Å²) in [6.45, 7) is 4.34. The Labute approximate surface area is 140 Å². The Kier molecular flexibility index (Phi) is 3.44. The molecule has 1 fully saturated rings. The Morgan fingerprint density at radius 1 is 1.21 bits per heavy atom. The first kappa shape index (κ1) is 15.0. The van der Waals surface area contributed by atoms with E-state index in [0.717, 1.165) is 37.1 Å². The molecular weight excluding hydrogens is 304 g/mol. The Morgan fingerprint density at radius 3 is 2.67 bits per heavy atom. The van der Waals surface area contributed by atoms with Crippen molar-refractivity contribution in [3.63, 3.8) is 0 Å². The molecule has 1 aliphatic heterocycles. The number of carbonyl (C=O) groups is 2. The van der Waals surface area contributed by atoms with Crippen LogP contribution in [0.15, 0.2) is 28.7 Å². The van der Waals surface area contributed by atoms with Crippen molar-refractivity contribution in [3.8, 4) is 0 Å². The van der Waals surface area contributed by atoms with Crippen LogP contribution < -0.4 is 10.2 Å². The van der Waals surface area contributed by atoms with Crippen LogP contribution in [-0.4, -0.2) is 18.4 Å².